The molecule has 2 rings (SSSR count). The van der Waals surface area contributed by atoms with E-state index in [0.717, 1.165) is 6.42 Å². The second-order valence-electron chi connectivity index (χ2n) is 4.72. The summed E-state index contributed by atoms with van der Waals surface area (Å²) in [6.07, 6.45) is 0.809. The Kier molecular flexibility index (Phi) is 10.8. The molecular formula is C18H20CuO6. The molecule has 25 heavy (non-hydrogen) atoms. The summed E-state index contributed by atoms with van der Waals surface area (Å²) in [5.41, 5.74) is 0.900. The molecule has 0 amide bonds. The quantitative estimate of drug-likeness (QED) is 0.610. The second-order valence-corrected chi connectivity index (χ2v) is 4.72. The largest absolute Gasteiger partial charge is 0.508 e. The third-order valence-corrected chi connectivity index (χ3v) is 2.83. The predicted octanol–water partition coefficient (Wildman–Crippen LogP) is 3.14. The number of hydrogen-bond acceptors (Lipinski definition) is 6. The number of rotatable bonds is 4. The molecule has 0 spiro atoms. The second kappa shape index (κ2) is 11.9. The van der Waals surface area contributed by atoms with Crippen LogP contribution in [0.5, 0.6) is 11.5 Å². The van der Waals surface area contributed by atoms with Crippen LogP contribution in [0.15, 0.2) is 48.5 Å². The Hall–Kier alpha value is -2.50. The predicted molar refractivity (Wildman–Crippen MR) is 88.1 cm³/mol. The van der Waals surface area contributed by atoms with E-state index in [-0.39, 0.29) is 34.5 Å². The smallest absolute Gasteiger partial charge is 0.338 e. The number of aromatic hydroxyl groups is 2. The van der Waals surface area contributed by atoms with E-state index >= 15 is 0 Å². The van der Waals surface area contributed by atoms with E-state index in [1.165, 1.54) is 55.6 Å². The molecule has 0 saturated carbocycles. The van der Waals surface area contributed by atoms with E-state index in [1.807, 2.05) is 6.92 Å². The van der Waals surface area contributed by atoms with Crippen LogP contribution in [-0.2, 0) is 26.5 Å². The standard InChI is InChI=1S/C10H12O3.C8H8O3.Cu/c1-2-7-13-10(12)8-3-5-9(11)6-4-8;1-11-8(10)6-2-4-7(9)5-3-6;/h3-6,11H,2,7H2,1H3;2-5,9H,1H3;. The zero-order valence-corrected chi connectivity index (χ0v) is 14.8. The van der Waals surface area contributed by atoms with Gasteiger partial charge in [-0.05, 0) is 55.0 Å². The number of ether oxygens (including phenoxy) is 2. The molecule has 2 aromatic rings. The van der Waals surface area contributed by atoms with Gasteiger partial charge in [0.15, 0.2) is 0 Å². The first-order valence-corrected chi connectivity index (χ1v) is 7.31. The van der Waals surface area contributed by atoms with Crippen molar-refractivity contribution >= 4 is 11.9 Å². The number of carbonyl (C=O) groups excluding carboxylic acids is 2. The van der Waals surface area contributed by atoms with Crippen LogP contribution in [0.4, 0.5) is 0 Å². The minimum atomic E-state index is -0.398. The van der Waals surface area contributed by atoms with Crippen molar-refractivity contribution in [2.75, 3.05) is 13.7 Å². The minimum absolute atomic E-state index is 0. The van der Waals surface area contributed by atoms with Crippen LogP contribution in [-0.4, -0.2) is 35.9 Å². The van der Waals surface area contributed by atoms with E-state index < -0.39 is 5.97 Å². The Labute approximate surface area is 156 Å². The van der Waals surface area contributed by atoms with Gasteiger partial charge in [0, 0.05) is 17.1 Å². The summed E-state index contributed by atoms with van der Waals surface area (Å²) in [5, 5.41) is 17.8. The number of benzene rings is 2. The molecule has 0 heterocycles. The van der Waals surface area contributed by atoms with Gasteiger partial charge >= 0.3 is 11.9 Å². The zero-order valence-electron chi connectivity index (χ0n) is 13.9. The number of carbonyl (C=O) groups is 2. The molecular weight excluding hydrogens is 376 g/mol. The normalized spacial score (nSPS) is 9.04. The summed E-state index contributed by atoms with van der Waals surface area (Å²) in [5.74, 6) is -0.462. The molecule has 2 N–H and O–H groups in total. The first-order valence-electron chi connectivity index (χ1n) is 7.31. The topological polar surface area (TPSA) is 93.1 Å². The van der Waals surface area contributed by atoms with Gasteiger partial charge in [-0.1, -0.05) is 6.92 Å². The maximum atomic E-state index is 11.2. The molecule has 2 aromatic carbocycles. The summed E-state index contributed by atoms with van der Waals surface area (Å²) in [6, 6.07) is 11.9. The van der Waals surface area contributed by atoms with Crippen LogP contribution in [0.1, 0.15) is 34.1 Å². The van der Waals surface area contributed by atoms with Crippen LogP contribution in [0, 0.1) is 0 Å². The Morgan fingerprint density at radius 3 is 1.60 bits per heavy atom. The first-order chi connectivity index (χ1) is 11.5. The summed E-state index contributed by atoms with van der Waals surface area (Å²) in [4.78, 5) is 22.0. The molecule has 1 radical (unpaired) electrons. The Morgan fingerprint density at radius 1 is 0.840 bits per heavy atom. The van der Waals surface area contributed by atoms with E-state index in [1.54, 1.807) is 0 Å². The van der Waals surface area contributed by atoms with Crippen molar-refractivity contribution in [1.29, 1.82) is 0 Å². The Morgan fingerprint density at radius 2 is 1.24 bits per heavy atom. The minimum Gasteiger partial charge on any atom is -0.508 e. The van der Waals surface area contributed by atoms with Gasteiger partial charge in [-0.15, -0.1) is 0 Å². The van der Waals surface area contributed by atoms with Gasteiger partial charge in [0.25, 0.3) is 0 Å². The van der Waals surface area contributed by atoms with Crippen molar-refractivity contribution in [3.8, 4) is 11.5 Å². The molecule has 0 unspecified atom stereocenters. The molecule has 6 nitrogen and oxygen atoms in total. The summed E-state index contributed by atoms with van der Waals surface area (Å²) >= 11 is 0. The third-order valence-electron chi connectivity index (χ3n) is 2.83. The van der Waals surface area contributed by atoms with Crippen LogP contribution >= 0.6 is 0 Å². The number of esters is 2. The number of methoxy groups -OCH3 is 1. The summed E-state index contributed by atoms with van der Waals surface area (Å²) < 4.78 is 9.35. The fourth-order valence-corrected chi connectivity index (χ4v) is 1.59. The molecule has 0 aliphatic heterocycles. The zero-order chi connectivity index (χ0) is 17.9. The van der Waals surface area contributed by atoms with E-state index in [4.69, 9.17) is 14.9 Å². The van der Waals surface area contributed by atoms with Crippen LogP contribution in [0.3, 0.4) is 0 Å². The van der Waals surface area contributed by atoms with Crippen LogP contribution in [0.2, 0.25) is 0 Å². The molecule has 0 atom stereocenters. The Bertz CT molecular complexity index is 652. The number of hydrogen-bond donors (Lipinski definition) is 2. The molecule has 0 fully saturated rings. The maximum Gasteiger partial charge on any atom is 0.338 e. The van der Waals surface area contributed by atoms with Gasteiger partial charge in [0.1, 0.15) is 11.5 Å². The van der Waals surface area contributed by atoms with Gasteiger partial charge in [-0.2, -0.15) is 0 Å². The van der Waals surface area contributed by atoms with Crippen molar-refractivity contribution in [2.24, 2.45) is 0 Å². The van der Waals surface area contributed by atoms with Crippen molar-refractivity contribution in [3.63, 3.8) is 0 Å². The molecule has 0 aliphatic carbocycles. The number of phenols is 2. The fourth-order valence-electron chi connectivity index (χ4n) is 1.59. The van der Waals surface area contributed by atoms with E-state index in [0.29, 0.717) is 17.7 Å². The third kappa shape index (κ3) is 8.24. The number of phenolic OH excluding ortho intramolecular Hbond substituents is 2. The van der Waals surface area contributed by atoms with Crippen molar-refractivity contribution < 1.29 is 46.3 Å². The van der Waals surface area contributed by atoms with Crippen LogP contribution < -0.4 is 0 Å². The maximum absolute atomic E-state index is 11.2. The molecule has 0 saturated heterocycles. The van der Waals surface area contributed by atoms with Crippen molar-refractivity contribution in [1.82, 2.24) is 0 Å². The van der Waals surface area contributed by atoms with Gasteiger partial charge in [-0.3, -0.25) is 0 Å². The first kappa shape index (κ1) is 22.5. The van der Waals surface area contributed by atoms with Crippen molar-refractivity contribution in [2.45, 2.75) is 13.3 Å². The molecule has 0 aliphatic rings. The van der Waals surface area contributed by atoms with Gasteiger partial charge < -0.3 is 19.7 Å². The van der Waals surface area contributed by atoms with Crippen LogP contribution in [0.25, 0.3) is 0 Å². The average molecular weight is 396 g/mol. The van der Waals surface area contributed by atoms with E-state index in [2.05, 4.69) is 4.74 Å². The summed E-state index contributed by atoms with van der Waals surface area (Å²) in [7, 11) is 1.31. The summed E-state index contributed by atoms with van der Waals surface area (Å²) in [6.45, 7) is 2.36. The monoisotopic (exact) mass is 395 g/mol. The van der Waals surface area contributed by atoms with Crippen molar-refractivity contribution in [3.05, 3.63) is 59.7 Å². The Balaban J connectivity index is 0.000000449. The molecule has 7 heteroatoms. The average Bonchev–Trinajstić information content (AvgIpc) is 2.61. The van der Waals surface area contributed by atoms with E-state index in [9.17, 15) is 9.59 Å². The van der Waals surface area contributed by atoms with Gasteiger partial charge in [0.2, 0.25) is 0 Å². The van der Waals surface area contributed by atoms with Gasteiger partial charge in [-0.25, -0.2) is 9.59 Å². The fraction of sp³-hybridized carbons (Fsp3) is 0.222. The molecule has 139 valence electrons. The van der Waals surface area contributed by atoms with Gasteiger partial charge in [0.05, 0.1) is 24.8 Å². The molecule has 0 bridgehead atoms. The molecule has 0 aromatic heterocycles. The SMILES string of the molecule is CCCOC(=O)c1ccc(O)cc1.COC(=O)c1ccc(O)cc1.[Cu].